The van der Waals surface area contributed by atoms with Crippen LogP contribution in [0.15, 0.2) is 66.7 Å². The van der Waals surface area contributed by atoms with Gasteiger partial charge in [-0.2, -0.15) is 0 Å². The molecule has 32 heavy (non-hydrogen) atoms. The van der Waals surface area contributed by atoms with Crippen LogP contribution in [0.3, 0.4) is 0 Å². The van der Waals surface area contributed by atoms with Crippen molar-refractivity contribution >= 4 is 17.8 Å². The van der Waals surface area contributed by atoms with E-state index in [9.17, 15) is 14.4 Å². The molecule has 2 aromatic carbocycles. The second-order valence-electron chi connectivity index (χ2n) is 9.14. The minimum absolute atomic E-state index is 0.149. The maximum Gasteiger partial charge on any atom is 0.331 e. The first-order valence-corrected chi connectivity index (χ1v) is 11.1. The van der Waals surface area contributed by atoms with Crippen molar-refractivity contribution in [2.75, 3.05) is 6.54 Å². The van der Waals surface area contributed by atoms with Crippen LogP contribution in [0.2, 0.25) is 0 Å². The molecule has 6 nitrogen and oxygen atoms in total. The molecule has 2 amide bonds. The van der Waals surface area contributed by atoms with Gasteiger partial charge in [0.25, 0.3) is 0 Å². The molecule has 3 fully saturated rings. The lowest BCUT2D eigenvalue weighted by molar-refractivity contribution is -0.148. The standard InChI is InChI=1S/C26H23NO5/c28-22(32-17-8-6-16(7-9-17)31-14-15-4-2-1-3-5-15)13-27-25(29)23-18-10-11-19(21-12-20(18)21)24(23)26(27)30/h1-11,18-21,23-24H,12-14H2/t18-,19-,20-,21+,23-,24+/m0/s1. The topological polar surface area (TPSA) is 72.9 Å². The van der Waals surface area contributed by atoms with Gasteiger partial charge in [-0.3, -0.25) is 14.5 Å². The van der Waals surface area contributed by atoms with Crippen LogP contribution in [-0.4, -0.2) is 29.2 Å². The SMILES string of the molecule is O=C(CN1C(=O)[C@@H]2[C@H]3C=C[C@@H]([C@@H]4C[C@H]34)[C@@H]2C1=O)Oc1ccc(OCc2ccccc2)cc1. The van der Waals surface area contributed by atoms with Gasteiger partial charge in [-0.25, -0.2) is 4.79 Å². The zero-order valence-electron chi connectivity index (χ0n) is 17.4. The first-order valence-electron chi connectivity index (χ1n) is 11.1. The van der Waals surface area contributed by atoms with E-state index < -0.39 is 5.97 Å². The Morgan fingerprint density at radius 1 is 0.844 bits per heavy atom. The highest BCUT2D eigenvalue weighted by atomic mass is 16.5. The quantitative estimate of drug-likeness (QED) is 0.305. The van der Waals surface area contributed by atoms with Crippen molar-refractivity contribution in [3.8, 4) is 11.5 Å². The summed E-state index contributed by atoms with van der Waals surface area (Å²) < 4.78 is 11.1. The summed E-state index contributed by atoms with van der Waals surface area (Å²) in [5.41, 5.74) is 1.06. The van der Waals surface area contributed by atoms with E-state index in [0.717, 1.165) is 16.9 Å². The first kappa shape index (κ1) is 19.3. The predicted molar refractivity (Wildman–Crippen MR) is 114 cm³/mol. The number of nitrogens with zero attached hydrogens (tertiary/aromatic N) is 1. The number of hydrogen-bond acceptors (Lipinski definition) is 5. The molecule has 1 saturated heterocycles. The van der Waals surface area contributed by atoms with Crippen LogP contribution in [0.25, 0.3) is 0 Å². The number of rotatable bonds is 6. The Balaban J connectivity index is 1.06. The zero-order valence-corrected chi connectivity index (χ0v) is 17.4. The largest absolute Gasteiger partial charge is 0.489 e. The third-order valence-electron chi connectivity index (χ3n) is 7.35. The Labute approximate surface area is 185 Å². The molecule has 0 N–H and O–H groups in total. The number of amides is 2. The van der Waals surface area contributed by atoms with Crippen molar-refractivity contribution in [2.45, 2.75) is 13.0 Å². The average Bonchev–Trinajstić information content (AvgIpc) is 3.60. The fourth-order valence-electron chi connectivity index (χ4n) is 5.81. The summed E-state index contributed by atoms with van der Waals surface area (Å²) >= 11 is 0. The summed E-state index contributed by atoms with van der Waals surface area (Å²) in [6, 6.07) is 16.6. The molecule has 0 unspecified atom stereocenters. The molecule has 2 saturated carbocycles. The minimum atomic E-state index is -0.617. The van der Waals surface area contributed by atoms with Gasteiger partial charge >= 0.3 is 5.97 Å². The molecule has 162 valence electrons. The summed E-state index contributed by atoms with van der Waals surface area (Å²) in [6.45, 7) is 0.103. The predicted octanol–water partition coefficient (Wildman–Crippen LogP) is 3.22. The molecule has 5 aliphatic rings. The summed E-state index contributed by atoms with van der Waals surface area (Å²) in [5.74, 6) is 0.740. The molecule has 2 aromatic rings. The zero-order chi connectivity index (χ0) is 21.8. The van der Waals surface area contributed by atoms with Gasteiger partial charge < -0.3 is 9.47 Å². The summed E-state index contributed by atoms with van der Waals surface area (Å²) in [4.78, 5) is 39.6. The van der Waals surface area contributed by atoms with Crippen LogP contribution in [-0.2, 0) is 21.0 Å². The minimum Gasteiger partial charge on any atom is -0.489 e. The fourth-order valence-corrected chi connectivity index (χ4v) is 5.81. The van der Waals surface area contributed by atoms with Gasteiger partial charge in [0.1, 0.15) is 24.7 Å². The normalized spacial score (nSPS) is 31.3. The van der Waals surface area contributed by atoms with E-state index in [1.807, 2.05) is 30.3 Å². The van der Waals surface area contributed by atoms with Gasteiger partial charge in [0.2, 0.25) is 11.8 Å². The van der Waals surface area contributed by atoms with Gasteiger partial charge in [-0.15, -0.1) is 0 Å². The van der Waals surface area contributed by atoms with E-state index in [-0.39, 0.29) is 42.0 Å². The van der Waals surface area contributed by atoms with Gasteiger partial charge in [0.05, 0.1) is 11.8 Å². The van der Waals surface area contributed by atoms with Crippen molar-refractivity contribution in [1.82, 2.24) is 4.90 Å². The fraction of sp³-hybridized carbons (Fsp3) is 0.346. The molecule has 2 bridgehead atoms. The Kier molecular flexibility index (Phi) is 4.42. The average molecular weight is 429 g/mol. The van der Waals surface area contributed by atoms with Crippen LogP contribution in [0.4, 0.5) is 0 Å². The molecule has 0 radical (unpaired) electrons. The van der Waals surface area contributed by atoms with Crippen LogP contribution >= 0.6 is 0 Å². The highest BCUT2D eigenvalue weighted by Gasteiger charge is 2.67. The highest BCUT2D eigenvalue weighted by Crippen LogP contribution is 2.65. The van der Waals surface area contributed by atoms with E-state index in [0.29, 0.717) is 29.9 Å². The number of allylic oxidation sites excluding steroid dienone is 2. The number of benzene rings is 2. The molecular weight excluding hydrogens is 406 g/mol. The van der Waals surface area contributed by atoms with Crippen molar-refractivity contribution in [3.05, 3.63) is 72.3 Å². The van der Waals surface area contributed by atoms with Gasteiger partial charge in [-0.1, -0.05) is 42.5 Å². The Morgan fingerprint density at radius 2 is 1.44 bits per heavy atom. The molecule has 1 aliphatic heterocycles. The molecule has 0 aromatic heterocycles. The third kappa shape index (κ3) is 3.13. The van der Waals surface area contributed by atoms with E-state index in [1.54, 1.807) is 24.3 Å². The van der Waals surface area contributed by atoms with E-state index in [4.69, 9.17) is 9.47 Å². The summed E-state index contributed by atoms with van der Waals surface area (Å²) in [7, 11) is 0. The maximum absolute atomic E-state index is 13.0. The van der Waals surface area contributed by atoms with Crippen LogP contribution < -0.4 is 9.47 Å². The summed E-state index contributed by atoms with van der Waals surface area (Å²) in [5, 5.41) is 0. The molecule has 1 heterocycles. The molecule has 4 aliphatic carbocycles. The molecular formula is C26H23NO5. The van der Waals surface area contributed by atoms with Crippen LogP contribution in [0.5, 0.6) is 11.5 Å². The monoisotopic (exact) mass is 429 g/mol. The lowest BCUT2D eigenvalue weighted by Crippen LogP contribution is -2.40. The Bertz CT molecular complexity index is 1070. The molecule has 6 atom stereocenters. The first-order chi connectivity index (χ1) is 15.6. The maximum atomic E-state index is 13.0. The van der Waals surface area contributed by atoms with Gasteiger partial charge in [0, 0.05) is 0 Å². The number of imide groups is 1. The van der Waals surface area contributed by atoms with E-state index in [2.05, 4.69) is 12.2 Å². The second kappa shape index (κ2) is 7.33. The molecule has 0 spiro atoms. The van der Waals surface area contributed by atoms with Gasteiger partial charge in [0.15, 0.2) is 0 Å². The number of carbonyl (C=O) groups is 3. The number of likely N-dealkylation sites (tertiary alicyclic amines) is 1. The lowest BCUT2D eigenvalue weighted by Gasteiger charge is -2.37. The number of hydrogen-bond donors (Lipinski definition) is 0. The van der Waals surface area contributed by atoms with Crippen LogP contribution in [0, 0.1) is 35.5 Å². The van der Waals surface area contributed by atoms with Gasteiger partial charge in [-0.05, 0) is 59.9 Å². The Hall–Kier alpha value is -3.41. The summed E-state index contributed by atoms with van der Waals surface area (Å²) in [6.07, 6.45) is 5.35. The van der Waals surface area contributed by atoms with Crippen LogP contribution in [0.1, 0.15) is 12.0 Å². The molecule has 6 heteroatoms. The van der Waals surface area contributed by atoms with Crippen molar-refractivity contribution < 1.29 is 23.9 Å². The third-order valence-corrected chi connectivity index (χ3v) is 7.35. The van der Waals surface area contributed by atoms with Crippen molar-refractivity contribution in [2.24, 2.45) is 35.5 Å². The number of esters is 1. The smallest absolute Gasteiger partial charge is 0.331 e. The number of carbonyl (C=O) groups excluding carboxylic acids is 3. The Morgan fingerprint density at radius 3 is 2.06 bits per heavy atom. The highest BCUT2D eigenvalue weighted by molar-refractivity contribution is 6.08. The molecule has 7 rings (SSSR count). The van der Waals surface area contributed by atoms with E-state index >= 15 is 0 Å². The van der Waals surface area contributed by atoms with Crippen molar-refractivity contribution in [1.29, 1.82) is 0 Å². The van der Waals surface area contributed by atoms with E-state index in [1.165, 1.54) is 0 Å². The second-order valence-corrected chi connectivity index (χ2v) is 9.14. The lowest BCUT2D eigenvalue weighted by atomic mass is 9.63. The van der Waals surface area contributed by atoms with Crippen molar-refractivity contribution in [3.63, 3.8) is 0 Å². The number of ether oxygens (including phenoxy) is 2.